The highest BCUT2D eigenvalue weighted by Gasteiger charge is 2.32. The van der Waals surface area contributed by atoms with E-state index < -0.39 is 0 Å². The van der Waals surface area contributed by atoms with Crippen LogP contribution in [-0.2, 0) is 4.79 Å². The van der Waals surface area contributed by atoms with Crippen LogP contribution in [-0.4, -0.2) is 35.6 Å². The summed E-state index contributed by atoms with van der Waals surface area (Å²) in [7, 11) is 0. The number of ether oxygens (including phenoxy) is 1. The van der Waals surface area contributed by atoms with Crippen molar-refractivity contribution in [1.29, 1.82) is 0 Å². The molecule has 4 nitrogen and oxygen atoms in total. The van der Waals surface area contributed by atoms with Crippen molar-refractivity contribution in [3.8, 4) is 5.75 Å². The van der Waals surface area contributed by atoms with E-state index in [1.54, 1.807) is 4.90 Å². The van der Waals surface area contributed by atoms with Crippen LogP contribution in [0.1, 0.15) is 13.8 Å². The largest absolute Gasteiger partial charge is 0.494 e. The molecule has 0 saturated carbocycles. The molecule has 18 heavy (non-hydrogen) atoms. The Bertz CT molecular complexity index is 459. The van der Waals surface area contributed by atoms with E-state index in [9.17, 15) is 4.79 Å². The number of hydrogen-bond acceptors (Lipinski definition) is 3. The maximum absolute atomic E-state index is 11.7. The van der Waals surface area contributed by atoms with Gasteiger partial charge in [0.15, 0.2) is 5.11 Å². The minimum Gasteiger partial charge on any atom is -0.494 e. The number of rotatable bonds is 4. The molecule has 1 aliphatic rings. The average molecular weight is 264 g/mol. The van der Waals surface area contributed by atoms with Crippen LogP contribution in [0.2, 0.25) is 0 Å². The fourth-order valence-electron chi connectivity index (χ4n) is 1.94. The first-order chi connectivity index (χ1) is 8.67. The topological polar surface area (TPSA) is 32.8 Å². The van der Waals surface area contributed by atoms with Gasteiger partial charge in [0.2, 0.25) is 5.91 Å². The Morgan fingerprint density at radius 2 is 1.94 bits per heavy atom. The van der Waals surface area contributed by atoms with E-state index in [4.69, 9.17) is 17.0 Å². The van der Waals surface area contributed by atoms with Crippen molar-refractivity contribution < 1.29 is 9.53 Å². The fraction of sp³-hybridized carbons (Fsp3) is 0.385. The van der Waals surface area contributed by atoms with Gasteiger partial charge in [-0.25, -0.2) is 0 Å². The molecule has 1 amide bonds. The number of nitrogens with zero attached hydrogens (tertiary/aromatic N) is 2. The van der Waals surface area contributed by atoms with Crippen LogP contribution in [0.4, 0.5) is 5.69 Å². The van der Waals surface area contributed by atoms with E-state index in [1.165, 1.54) is 0 Å². The number of anilines is 1. The van der Waals surface area contributed by atoms with Gasteiger partial charge in [-0.3, -0.25) is 9.69 Å². The molecule has 0 radical (unpaired) electrons. The Balaban J connectivity index is 2.17. The molecular formula is C13H16N2O2S. The van der Waals surface area contributed by atoms with Gasteiger partial charge in [-0.15, -0.1) is 0 Å². The molecular weight excluding hydrogens is 248 g/mol. The fourth-order valence-corrected chi connectivity index (χ4v) is 2.34. The Morgan fingerprint density at radius 1 is 1.28 bits per heavy atom. The molecule has 5 heteroatoms. The summed E-state index contributed by atoms with van der Waals surface area (Å²) in [6.45, 7) is 5.45. The molecule has 1 aromatic rings. The van der Waals surface area contributed by atoms with Crippen molar-refractivity contribution in [1.82, 2.24) is 4.90 Å². The van der Waals surface area contributed by atoms with Crippen LogP contribution >= 0.6 is 12.2 Å². The van der Waals surface area contributed by atoms with Gasteiger partial charge >= 0.3 is 0 Å². The predicted molar refractivity (Wildman–Crippen MR) is 74.9 cm³/mol. The van der Waals surface area contributed by atoms with Gasteiger partial charge in [-0.2, -0.15) is 0 Å². The lowest BCUT2D eigenvalue weighted by Gasteiger charge is -2.19. The Labute approximate surface area is 112 Å². The first kappa shape index (κ1) is 12.8. The zero-order valence-corrected chi connectivity index (χ0v) is 11.4. The molecule has 2 rings (SSSR count). The van der Waals surface area contributed by atoms with Crippen LogP contribution in [0.15, 0.2) is 24.3 Å². The molecule has 0 unspecified atom stereocenters. The highest BCUT2D eigenvalue weighted by atomic mass is 32.1. The lowest BCUT2D eigenvalue weighted by Crippen LogP contribution is -2.32. The van der Waals surface area contributed by atoms with E-state index in [0.717, 1.165) is 11.4 Å². The minimum absolute atomic E-state index is 0.0522. The monoisotopic (exact) mass is 264 g/mol. The first-order valence-corrected chi connectivity index (χ1v) is 6.43. The molecule has 1 heterocycles. The third-order valence-corrected chi connectivity index (χ3v) is 3.27. The van der Waals surface area contributed by atoms with Crippen LogP contribution in [0, 0.1) is 0 Å². The van der Waals surface area contributed by atoms with Crippen molar-refractivity contribution in [3.63, 3.8) is 0 Å². The molecule has 1 saturated heterocycles. The van der Waals surface area contributed by atoms with Crippen molar-refractivity contribution in [3.05, 3.63) is 24.3 Å². The van der Waals surface area contributed by atoms with Crippen LogP contribution in [0.25, 0.3) is 0 Å². The molecule has 1 aliphatic heterocycles. The summed E-state index contributed by atoms with van der Waals surface area (Å²) in [6, 6.07) is 7.62. The third kappa shape index (κ3) is 2.31. The van der Waals surface area contributed by atoms with Crippen molar-refractivity contribution in [2.24, 2.45) is 0 Å². The predicted octanol–water partition coefficient (Wildman–Crippen LogP) is 2.04. The molecule has 0 N–H and O–H groups in total. The van der Waals surface area contributed by atoms with E-state index in [0.29, 0.717) is 24.8 Å². The summed E-state index contributed by atoms with van der Waals surface area (Å²) in [4.78, 5) is 15.2. The highest BCUT2D eigenvalue weighted by Crippen LogP contribution is 2.23. The number of carbonyl (C=O) groups is 1. The van der Waals surface area contributed by atoms with Gasteiger partial charge in [-0.1, -0.05) is 0 Å². The molecule has 96 valence electrons. The van der Waals surface area contributed by atoms with Gasteiger partial charge in [0.25, 0.3) is 0 Å². The van der Waals surface area contributed by atoms with Crippen LogP contribution in [0.3, 0.4) is 0 Å². The van der Waals surface area contributed by atoms with E-state index in [-0.39, 0.29) is 5.91 Å². The molecule has 1 fully saturated rings. The highest BCUT2D eigenvalue weighted by molar-refractivity contribution is 7.80. The molecule has 0 aromatic heterocycles. The number of benzene rings is 1. The molecule has 0 aliphatic carbocycles. The standard InChI is InChI=1S/C13H16N2O2S/c1-3-14-12(16)9-15(13(14)18)10-5-7-11(8-6-10)17-4-2/h5-8H,3-4,9H2,1-2H3. The first-order valence-electron chi connectivity index (χ1n) is 6.02. The van der Waals surface area contributed by atoms with E-state index in [1.807, 2.05) is 43.0 Å². The maximum Gasteiger partial charge on any atom is 0.248 e. The SMILES string of the molecule is CCOc1ccc(N2CC(=O)N(CC)C2=S)cc1. The molecule has 0 atom stereocenters. The van der Waals surface area contributed by atoms with Crippen molar-refractivity contribution >= 4 is 28.9 Å². The maximum atomic E-state index is 11.7. The second-order valence-corrected chi connectivity index (χ2v) is 4.30. The van der Waals surface area contributed by atoms with E-state index >= 15 is 0 Å². The Hall–Kier alpha value is -1.62. The Morgan fingerprint density at radius 3 is 2.44 bits per heavy atom. The normalized spacial score (nSPS) is 15.4. The quantitative estimate of drug-likeness (QED) is 0.779. The summed E-state index contributed by atoms with van der Waals surface area (Å²) in [5.41, 5.74) is 0.924. The van der Waals surface area contributed by atoms with Gasteiger partial charge in [-0.05, 0) is 50.3 Å². The summed E-state index contributed by atoms with van der Waals surface area (Å²) in [5.74, 6) is 0.876. The second-order valence-electron chi connectivity index (χ2n) is 3.93. The number of thiocarbonyl (C=S) groups is 1. The lowest BCUT2D eigenvalue weighted by molar-refractivity contribution is -0.124. The summed E-state index contributed by atoms with van der Waals surface area (Å²) >= 11 is 5.30. The number of carbonyl (C=O) groups excluding carboxylic acids is 1. The van der Waals surface area contributed by atoms with Gasteiger partial charge < -0.3 is 9.64 Å². The summed E-state index contributed by atoms with van der Waals surface area (Å²) < 4.78 is 5.39. The molecule has 1 aromatic carbocycles. The van der Waals surface area contributed by atoms with Gasteiger partial charge in [0.1, 0.15) is 12.3 Å². The zero-order valence-electron chi connectivity index (χ0n) is 10.5. The van der Waals surface area contributed by atoms with E-state index in [2.05, 4.69) is 0 Å². The summed E-state index contributed by atoms with van der Waals surface area (Å²) in [6.07, 6.45) is 0. The molecule has 0 bridgehead atoms. The lowest BCUT2D eigenvalue weighted by atomic mass is 10.3. The van der Waals surface area contributed by atoms with Crippen LogP contribution in [0.5, 0.6) is 5.75 Å². The van der Waals surface area contributed by atoms with Crippen molar-refractivity contribution in [2.45, 2.75) is 13.8 Å². The molecule has 0 spiro atoms. The zero-order chi connectivity index (χ0) is 13.1. The smallest absolute Gasteiger partial charge is 0.248 e. The van der Waals surface area contributed by atoms with Gasteiger partial charge in [0.05, 0.1) is 6.61 Å². The third-order valence-electron chi connectivity index (χ3n) is 2.83. The van der Waals surface area contributed by atoms with Gasteiger partial charge in [0, 0.05) is 12.2 Å². The number of amides is 1. The minimum atomic E-state index is 0.0522. The summed E-state index contributed by atoms with van der Waals surface area (Å²) in [5, 5.41) is 0.576. The average Bonchev–Trinajstić information content (AvgIpc) is 2.66. The number of likely N-dealkylation sites (N-methyl/N-ethyl adjacent to an activating group) is 1. The number of hydrogen-bond donors (Lipinski definition) is 0. The van der Waals surface area contributed by atoms with Crippen LogP contribution < -0.4 is 9.64 Å². The Kier molecular flexibility index (Phi) is 3.81. The second kappa shape index (κ2) is 5.35. The van der Waals surface area contributed by atoms with Crippen molar-refractivity contribution in [2.75, 3.05) is 24.6 Å².